The molecule has 2 aromatic heterocycles. The number of carbonyl (C=O) groups excluding carboxylic acids is 1. The number of aromatic nitrogens is 3. The minimum atomic E-state index is -0.272. The quantitative estimate of drug-likeness (QED) is 0.511. The molecule has 0 radical (unpaired) electrons. The molecule has 4 rings (SSSR count). The summed E-state index contributed by atoms with van der Waals surface area (Å²) < 4.78 is 6.92. The summed E-state index contributed by atoms with van der Waals surface area (Å²) in [6.45, 7) is 4.29. The maximum atomic E-state index is 12.7. The lowest BCUT2D eigenvalue weighted by atomic mass is 10.1. The summed E-state index contributed by atoms with van der Waals surface area (Å²) in [4.78, 5) is 17.2. The number of methoxy groups -OCH3 is 1. The zero-order valence-corrected chi connectivity index (χ0v) is 17.7. The molecule has 0 aliphatic carbocycles. The van der Waals surface area contributed by atoms with Gasteiger partial charge in [0.1, 0.15) is 5.75 Å². The van der Waals surface area contributed by atoms with Gasteiger partial charge in [0.15, 0.2) is 5.65 Å². The maximum Gasteiger partial charge on any atom is 0.254 e. The average Bonchev–Trinajstić information content (AvgIpc) is 3.10. The summed E-state index contributed by atoms with van der Waals surface area (Å²) in [5, 5.41) is 8.49. The molecule has 0 bridgehead atoms. The predicted molar refractivity (Wildman–Crippen MR) is 118 cm³/mol. The summed E-state index contributed by atoms with van der Waals surface area (Å²) >= 11 is 6.62. The number of benzene rings is 2. The van der Waals surface area contributed by atoms with E-state index in [1.165, 1.54) is 11.8 Å². The molecular weight excluding hydrogens is 400 g/mol. The van der Waals surface area contributed by atoms with Crippen molar-refractivity contribution < 1.29 is 9.53 Å². The summed E-state index contributed by atoms with van der Waals surface area (Å²) in [5.41, 5.74) is 4.64. The van der Waals surface area contributed by atoms with Gasteiger partial charge in [-0.1, -0.05) is 41.4 Å². The average molecular weight is 421 g/mol. The third-order valence-corrected chi connectivity index (χ3v) is 5.34. The highest BCUT2D eigenvalue weighted by Gasteiger charge is 2.20. The van der Waals surface area contributed by atoms with Crippen molar-refractivity contribution in [3.05, 3.63) is 82.1 Å². The van der Waals surface area contributed by atoms with E-state index in [9.17, 15) is 4.79 Å². The first kappa shape index (κ1) is 19.9. The van der Waals surface area contributed by atoms with Gasteiger partial charge in [-0.25, -0.2) is 9.67 Å². The summed E-state index contributed by atoms with van der Waals surface area (Å²) in [6, 6.07) is 15.5. The number of hydrogen-bond acceptors (Lipinski definition) is 4. The zero-order valence-electron chi connectivity index (χ0n) is 16.9. The summed E-state index contributed by atoms with van der Waals surface area (Å²) in [7, 11) is 1.62. The molecule has 0 unspecified atom stereocenters. The van der Waals surface area contributed by atoms with Gasteiger partial charge >= 0.3 is 0 Å². The molecule has 30 heavy (non-hydrogen) atoms. The second-order valence-electron chi connectivity index (χ2n) is 7.05. The zero-order chi connectivity index (χ0) is 21.3. The van der Waals surface area contributed by atoms with Crippen molar-refractivity contribution in [1.29, 1.82) is 0 Å². The van der Waals surface area contributed by atoms with Crippen LogP contribution in [0.3, 0.4) is 0 Å². The molecular formula is C23H21ClN4O2. The van der Waals surface area contributed by atoms with Gasteiger partial charge in [-0.3, -0.25) is 4.79 Å². The van der Waals surface area contributed by atoms with E-state index in [2.05, 4.69) is 15.4 Å². The molecule has 2 aromatic carbocycles. The van der Waals surface area contributed by atoms with Crippen molar-refractivity contribution in [1.82, 2.24) is 20.1 Å². The number of rotatable bonds is 5. The first-order valence-corrected chi connectivity index (χ1v) is 9.87. The van der Waals surface area contributed by atoms with Crippen LogP contribution in [0.1, 0.15) is 27.2 Å². The van der Waals surface area contributed by atoms with Crippen molar-refractivity contribution in [2.45, 2.75) is 20.4 Å². The van der Waals surface area contributed by atoms with Gasteiger partial charge in [0.05, 0.1) is 34.5 Å². The highest BCUT2D eigenvalue weighted by Crippen LogP contribution is 2.30. The first-order valence-electron chi connectivity index (χ1n) is 9.50. The minimum Gasteiger partial charge on any atom is -0.497 e. The number of ether oxygens (including phenoxy) is 1. The maximum absolute atomic E-state index is 12.7. The van der Waals surface area contributed by atoms with E-state index < -0.39 is 0 Å². The van der Waals surface area contributed by atoms with Crippen molar-refractivity contribution in [2.75, 3.05) is 7.11 Å². The summed E-state index contributed by atoms with van der Waals surface area (Å²) in [5.74, 6) is 0.483. The fraction of sp³-hybridized carbons (Fsp3) is 0.174. The molecule has 0 saturated carbocycles. The van der Waals surface area contributed by atoms with Crippen LogP contribution in [-0.4, -0.2) is 27.8 Å². The Hall–Kier alpha value is -3.38. The number of carbonyl (C=O) groups is 1. The molecule has 1 amide bonds. The standard InChI is InChI=1S/C23H21ClN4O2/c1-14-4-6-16(7-5-14)12-26-23(29)19-13-25-22-20(21(19)24)15(2)27-28(22)17-8-10-18(30-3)11-9-17/h4-11,13H,12H2,1-3H3,(H,26,29). The fourth-order valence-corrected chi connectivity index (χ4v) is 3.61. The lowest BCUT2D eigenvalue weighted by Crippen LogP contribution is -2.23. The lowest BCUT2D eigenvalue weighted by molar-refractivity contribution is 0.0951. The smallest absolute Gasteiger partial charge is 0.254 e. The predicted octanol–water partition coefficient (Wildman–Crippen LogP) is 4.63. The van der Waals surface area contributed by atoms with Gasteiger partial charge in [0.2, 0.25) is 0 Å². The van der Waals surface area contributed by atoms with Crippen molar-refractivity contribution in [3.63, 3.8) is 0 Å². The van der Waals surface area contributed by atoms with Crippen LogP contribution in [0.25, 0.3) is 16.7 Å². The molecule has 0 saturated heterocycles. The van der Waals surface area contributed by atoms with Crippen LogP contribution in [-0.2, 0) is 6.54 Å². The highest BCUT2D eigenvalue weighted by atomic mass is 35.5. The molecule has 0 aliphatic rings. The Morgan fingerprint density at radius 2 is 1.80 bits per heavy atom. The van der Waals surface area contributed by atoms with Crippen LogP contribution in [0, 0.1) is 13.8 Å². The van der Waals surface area contributed by atoms with Crippen LogP contribution >= 0.6 is 11.6 Å². The van der Waals surface area contributed by atoms with Crippen molar-refractivity contribution in [2.24, 2.45) is 0 Å². The highest BCUT2D eigenvalue weighted by molar-refractivity contribution is 6.38. The number of pyridine rings is 1. The van der Waals surface area contributed by atoms with E-state index in [0.29, 0.717) is 33.9 Å². The Balaban J connectivity index is 1.64. The van der Waals surface area contributed by atoms with E-state index in [0.717, 1.165) is 17.0 Å². The molecule has 0 aliphatic heterocycles. The molecule has 152 valence electrons. The minimum absolute atomic E-state index is 0.272. The number of nitrogens with zero attached hydrogens (tertiary/aromatic N) is 3. The first-order chi connectivity index (χ1) is 14.5. The topological polar surface area (TPSA) is 69.0 Å². The Kier molecular flexibility index (Phi) is 5.42. The van der Waals surface area contributed by atoms with Gasteiger partial charge in [-0.15, -0.1) is 0 Å². The summed E-state index contributed by atoms with van der Waals surface area (Å²) in [6.07, 6.45) is 1.50. The lowest BCUT2D eigenvalue weighted by Gasteiger charge is -2.09. The molecule has 7 heteroatoms. The Labute approximate surface area is 179 Å². The van der Waals surface area contributed by atoms with Crippen LogP contribution in [0.5, 0.6) is 5.75 Å². The Bertz CT molecular complexity index is 1210. The van der Waals surface area contributed by atoms with Gasteiger partial charge in [0.25, 0.3) is 5.91 Å². The molecule has 4 aromatic rings. The van der Waals surface area contributed by atoms with E-state index in [1.54, 1.807) is 11.8 Å². The van der Waals surface area contributed by atoms with E-state index in [4.69, 9.17) is 16.3 Å². The number of halogens is 1. The van der Waals surface area contributed by atoms with Crippen LogP contribution in [0.4, 0.5) is 0 Å². The van der Waals surface area contributed by atoms with Crippen molar-refractivity contribution >= 4 is 28.5 Å². The number of nitrogens with one attached hydrogen (secondary N) is 1. The van der Waals surface area contributed by atoms with Gasteiger partial charge in [-0.2, -0.15) is 5.10 Å². The SMILES string of the molecule is COc1ccc(-n2nc(C)c3c(Cl)c(C(=O)NCc4ccc(C)cc4)cnc32)cc1. The molecule has 0 atom stereocenters. The fourth-order valence-electron chi connectivity index (χ4n) is 3.25. The normalized spacial score (nSPS) is 10.9. The number of aryl methyl sites for hydroxylation is 2. The van der Waals surface area contributed by atoms with E-state index in [1.807, 2.05) is 62.4 Å². The van der Waals surface area contributed by atoms with Gasteiger partial charge in [0, 0.05) is 12.7 Å². The largest absolute Gasteiger partial charge is 0.497 e. The second kappa shape index (κ2) is 8.16. The third-order valence-electron chi connectivity index (χ3n) is 4.94. The Morgan fingerprint density at radius 3 is 2.47 bits per heavy atom. The van der Waals surface area contributed by atoms with Crippen molar-refractivity contribution in [3.8, 4) is 11.4 Å². The third kappa shape index (κ3) is 3.74. The van der Waals surface area contributed by atoms with Crippen LogP contribution in [0.2, 0.25) is 5.02 Å². The molecule has 2 heterocycles. The molecule has 0 spiro atoms. The molecule has 1 N–H and O–H groups in total. The second-order valence-corrected chi connectivity index (χ2v) is 7.43. The van der Waals surface area contributed by atoms with Crippen LogP contribution < -0.4 is 10.1 Å². The number of fused-ring (bicyclic) bond motifs is 1. The number of amides is 1. The monoisotopic (exact) mass is 420 g/mol. The number of hydrogen-bond donors (Lipinski definition) is 1. The van der Waals surface area contributed by atoms with E-state index >= 15 is 0 Å². The molecule has 0 fully saturated rings. The molecule has 6 nitrogen and oxygen atoms in total. The van der Waals surface area contributed by atoms with Gasteiger partial charge in [-0.05, 0) is 43.7 Å². The van der Waals surface area contributed by atoms with Crippen LogP contribution in [0.15, 0.2) is 54.7 Å². The van der Waals surface area contributed by atoms with E-state index in [-0.39, 0.29) is 5.91 Å². The Morgan fingerprint density at radius 1 is 1.10 bits per heavy atom. The van der Waals surface area contributed by atoms with Gasteiger partial charge < -0.3 is 10.1 Å².